The van der Waals surface area contributed by atoms with Crippen molar-refractivity contribution in [2.75, 3.05) is 11.5 Å². The predicted molar refractivity (Wildman–Crippen MR) is 117 cm³/mol. The fourth-order valence-electron chi connectivity index (χ4n) is 3.11. The molecule has 4 N–H and O–H groups in total. The number of nitrogen functional groups attached to an aromatic ring is 2. The maximum atomic E-state index is 6.36. The summed E-state index contributed by atoms with van der Waals surface area (Å²) < 4.78 is 0. The van der Waals surface area contributed by atoms with Gasteiger partial charge in [0.1, 0.15) is 0 Å². The maximum absolute atomic E-state index is 6.36. The third-order valence-corrected chi connectivity index (χ3v) is 4.56. The summed E-state index contributed by atoms with van der Waals surface area (Å²) in [6, 6.07) is 31.5. The molecule has 0 atom stereocenters. The summed E-state index contributed by atoms with van der Waals surface area (Å²) >= 11 is 0. The smallest absolute Gasteiger partial charge is 0.0857 e. The van der Waals surface area contributed by atoms with Crippen LogP contribution in [-0.4, -0.2) is 0 Å². The standard InChI is InChI=1S/C24H20N4/c25-22-16-15-21(17-7-3-1-4-8-17)23(24(22)26)18-11-13-20(14-12-18)28-27-19-9-5-2-6-10-19/h1-16H,25-26H2. The molecule has 0 aromatic heterocycles. The van der Waals surface area contributed by atoms with E-state index >= 15 is 0 Å². The summed E-state index contributed by atoms with van der Waals surface area (Å²) in [5, 5.41) is 8.56. The molecule has 0 unspecified atom stereocenters. The summed E-state index contributed by atoms with van der Waals surface area (Å²) in [7, 11) is 0. The van der Waals surface area contributed by atoms with Crippen LogP contribution in [0, 0.1) is 0 Å². The topological polar surface area (TPSA) is 76.8 Å². The third kappa shape index (κ3) is 3.62. The molecule has 4 aromatic carbocycles. The lowest BCUT2D eigenvalue weighted by atomic mass is 9.92. The number of hydrogen-bond donors (Lipinski definition) is 2. The molecule has 4 rings (SSSR count). The number of nitrogens with two attached hydrogens (primary N) is 2. The normalized spacial score (nSPS) is 11.0. The Morgan fingerprint density at radius 3 is 1.71 bits per heavy atom. The zero-order chi connectivity index (χ0) is 19.3. The second-order valence-electron chi connectivity index (χ2n) is 6.44. The minimum absolute atomic E-state index is 0.572. The molecule has 4 heteroatoms. The Morgan fingerprint density at radius 2 is 1.07 bits per heavy atom. The van der Waals surface area contributed by atoms with Gasteiger partial charge in [-0.25, -0.2) is 0 Å². The Labute approximate surface area is 164 Å². The zero-order valence-electron chi connectivity index (χ0n) is 15.3. The van der Waals surface area contributed by atoms with Crippen molar-refractivity contribution in [2.24, 2.45) is 10.2 Å². The SMILES string of the molecule is Nc1ccc(-c2ccccc2)c(-c2ccc(N=Nc3ccccc3)cc2)c1N. The van der Waals surface area contributed by atoms with Gasteiger partial charge in [0.05, 0.1) is 22.7 Å². The average Bonchev–Trinajstić information content (AvgIpc) is 2.76. The minimum Gasteiger partial charge on any atom is -0.397 e. The van der Waals surface area contributed by atoms with Gasteiger partial charge in [-0.2, -0.15) is 10.2 Å². The van der Waals surface area contributed by atoms with E-state index in [-0.39, 0.29) is 0 Å². The van der Waals surface area contributed by atoms with Crippen molar-refractivity contribution < 1.29 is 0 Å². The van der Waals surface area contributed by atoms with Crippen LogP contribution in [-0.2, 0) is 0 Å². The quantitative estimate of drug-likeness (QED) is 0.316. The second kappa shape index (κ2) is 7.76. The summed E-state index contributed by atoms with van der Waals surface area (Å²) in [5.74, 6) is 0. The fraction of sp³-hybridized carbons (Fsp3) is 0. The summed E-state index contributed by atoms with van der Waals surface area (Å²) in [6.07, 6.45) is 0. The number of rotatable bonds is 4. The van der Waals surface area contributed by atoms with Gasteiger partial charge in [0, 0.05) is 5.56 Å². The van der Waals surface area contributed by atoms with Crippen LogP contribution in [0.5, 0.6) is 0 Å². The van der Waals surface area contributed by atoms with E-state index in [0.717, 1.165) is 33.6 Å². The molecule has 0 heterocycles. The fourth-order valence-corrected chi connectivity index (χ4v) is 3.11. The van der Waals surface area contributed by atoms with Crippen LogP contribution in [0.2, 0.25) is 0 Å². The Kier molecular flexibility index (Phi) is 4.85. The van der Waals surface area contributed by atoms with Crippen molar-refractivity contribution in [3.05, 3.63) is 97.1 Å². The van der Waals surface area contributed by atoms with Crippen molar-refractivity contribution in [2.45, 2.75) is 0 Å². The molecule has 28 heavy (non-hydrogen) atoms. The van der Waals surface area contributed by atoms with Crippen molar-refractivity contribution in [3.8, 4) is 22.3 Å². The van der Waals surface area contributed by atoms with Gasteiger partial charge in [0.2, 0.25) is 0 Å². The lowest BCUT2D eigenvalue weighted by molar-refractivity contribution is 1.23. The first-order valence-electron chi connectivity index (χ1n) is 9.03. The molecular weight excluding hydrogens is 344 g/mol. The van der Waals surface area contributed by atoms with Crippen LogP contribution in [0.4, 0.5) is 22.7 Å². The van der Waals surface area contributed by atoms with Crippen molar-refractivity contribution in [3.63, 3.8) is 0 Å². The monoisotopic (exact) mass is 364 g/mol. The van der Waals surface area contributed by atoms with E-state index in [1.807, 2.05) is 84.9 Å². The Bertz CT molecular complexity index is 1100. The van der Waals surface area contributed by atoms with E-state index in [1.54, 1.807) is 0 Å². The lowest BCUT2D eigenvalue weighted by Crippen LogP contribution is -1.99. The molecule has 4 nitrogen and oxygen atoms in total. The van der Waals surface area contributed by atoms with Gasteiger partial charge in [0.25, 0.3) is 0 Å². The van der Waals surface area contributed by atoms with Crippen molar-refractivity contribution in [1.82, 2.24) is 0 Å². The van der Waals surface area contributed by atoms with Crippen LogP contribution in [0.3, 0.4) is 0 Å². The largest absolute Gasteiger partial charge is 0.397 e. The van der Waals surface area contributed by atoms with Gasteiger partial charge in [-0.1, -0.05) is 66.7 Å². The van der Waals surface area contributed by atoms with E-state index in [9.17, 15) is 0 Å². The highest BCUT2D eigenvalue weighted by Gasteiger charge is 2.13. The van der Waals surface area contributed by atoms with Gasteiger partial charge >= 0.3 is 0 Å². The minimum atomic E-state index is 0.572. The van der Waals surface area contributed by atoms with Crippen LogP contribution in [0.15, 0.2) is 107 Å². The van der Waals surface area contributed by atoms with Crippen LogP contribution < -0.4 is 11.5 Å². The van der Waals surface area contributed by atoms with E-state index in [2.05, 4.69) is 22.4 Å². The van der Waals surface area contributed by atoms with Gasteiger partial charge in [-0.15, -0.1) is 0 Å². The second-order valence-corrected chi connectivity index (χ2v) is 6.44. The number of hydrogen-bond acceptors (Lipinski definition) is 4. The number of azo groups is 1. The summed E-state index contributed by atoms with van der Waals surface area (Å²) in [4.78, 5) is 0. The van der Waals surface area contributed by atoms with Crippen LogP contribution >= 0.6 is 0 Å². The Hall–Kier alpha value is -3.92. The maximum Gasteiger partial charge on any atom is 0.0857 e. The van der Waals surface area contributed by atoms with E-state index in [0.29, 0.717) is 11.4 Å². The van der Waals surface area contributed by atoms with Gasteiger partial charge < -0.3 is 11.5 Å². The Balaban J connectivity index is 1.71. The highest BCUT2D eigenvalue weighted by molar-refractivity contribution is 5.95. The van der Waals surface area contributed by atoms with E-state index in [1.165, 1.54) is 0 Å². The van der Waals surface area contributed by atoms with Gasteiger partial charge in [-0.05, 0) is 47.0 Å². The van der Waals surface area contributed by atoms with Crippen LogP contribution in [0.25, 0.3) is 22.3 Å². The molecule has 0 bridgehead atoms. The number of nitrogens with zero attached hydrogens (tertiary/aromatic N) is 2. The number of anilines is 2. The first-order chi connectivity index (χ1) is 13.7. The molecule has 0 aliphatic rings. The van der Waals surface area contributed by atoms with E-state index < -0.39 is 0 Å². The molecule has 0 saturated heterocycles. The highest BCUT2D eigenvalue weighted by atomic mass is 15.1. The van der Waals surface area contributed by atoms with Crippen LogP contribution in [0.1, 0.15) is 0 Å². The number of benzene rings is 4. The first kappa shape index (κ1) is 17.5. The lowest BCUT2D eigenvalue weighted by Gasteiger charge is -2.15. The summed E-state index contributed by atoms with van der Waals surface area (Å²) in [6.45, 7) is 0. The molecule has 136 valence electrons. The van der Waals surface area contributed by atoms with Crippen molar-refractivity contribution >= 4 is 22.7 Å². The molecule has 0 aliphatic heterocycles. The first-order valence-corrected chi connectivity index (χ1v) is 9.03. The van der Waals surface area contributed by atoms with Crippen molar-refractivity contribution in [1.29, 1.82) is 0 Å². The third-order valence-electron chi connectivity index (χ3n) is 4.56. The molecule has 0 spiro atoms. The van der Waals surface area contributed by atoms with E-state index in [4.69, 9.17) is 11.5 Å². The molecular formula is C24H20N4. The molecule has 0 aliphatic carbocycles. The summed E-state index contributed by atoms with van der Waals surface area (Å²) in [5.41, 5.74) is 19.3. The predicted octanol–water partition coefficient (Wildman–Crippen LogP) is 6.60. The molecule has 0 fully saturated rings. The highest BCUT2D eigenvalue weighted by Crippen LogP contribution is 2.40. The molecule has 0 amide bonds. The van der Waals surface area contributed by atoms with Gasteiger partial charge in [0.15, 0.2) is 0 Å². The Morgan fingerprint density at radius 1 is 0.500 bits per heavy atom. The zero-order valence-corrected chi connectivity index (χ0v) is 15.3. The molecule has 0 saturated carbocycles. The average molecular weight is 364 g/mol. The molecule has 0 radical (unpaired) electrons. The molecule has 4 aromatic rings. The van der Waals surface area contributed by atoms with Gasteiger partial charge in [-0.3, -0.25) is 0 Å².